The van der Waals surface area contributed by atoms with Crippen LogP contribution >= 0.6 is 11.3 Å². The lowest BCUT2D eigenvalue weighted by Crippen LogP contribution is -2.22. The Labute approximate surface area is 126 Å². The van der Waals surface area contributed by atoms with Crippen LogP contribution in [0.2, 0.25) is 0 Å². The molecule has 0 atom stereocenters. The summed E-state index contributed by atoms with van der Waals surface area (Å²) >= 11 is 0.874. The molecule has 0 unspecified atom stereocenters. The van der Waals surface area contributed by atoms with Gasteiger partial charge in [0.15, 0.2) is 0 Å². The SMILES string of the molecule is COc1cccc(CNS(=O)(=O)c2csc(C(=O)O)c2)c1. The van der Waals surface area contributed by atoms with E-state index in [0.29, 0.717) is 5.75 Å². The van der Waals surface area contributed by atoms with E-state index in [2.05, 4.69) is 4.72 Å². The van der Waals surface area contributed by atoms with Crippen LogP contribution in [0, 0.1) is 0 Å². The van der Waals surface area contributed by atoms with E-state index in [-0.39, 0.29) is 16.3 Å². The number of nitrogens with one attached hydrogen (secondary N) is 1. The van der Waals surface area contributed by atoms with Crippen molar-refractivity contribution in [1.29, 1.82) is 0 Å². The topological polar surface area (TPSA) is 92.7 Å². The number of sulfonamides is 1. The van der Waals surface area contributed by atoms with Gasteiger partial charge in [-0.1, -0.05) is 12.1 Å². The average Bonchev–Trinajstić information content (AvgIpc) is 2.96. The molecular formula is C13H13NO5S2. The van der Waals surface area contributed by atoms with Gasteiger partial charge in [0.1, 0.15) is 10.6 Å². The monoisotopic (exact) mass is 327 g/mol. The molecule has 0 aliphatic heterocycles. The summed E-state index contributed by atoms with van der Waals surface area (Å²) in [6, 6.07) is 8.15. The molecule has 0 spiro atoms. The predicted octanol–water partition coefficient (Wildman–Crippen LogP) is 1.93. The van der Waals surface area contributed by atoms with Gasteiger partial charge in [-0.3, -0.25) is 0 Å². The number of hydrogen-bond acceptors (Lipinski definition) is 5. The number of ether oxygens (including phenoxy) is 1. The van der Waals surface area contributed by atoms with Crippen LogP contribution < -0.4 is 9.46 Å². The molecule has 0 bridgehead atoms. The first-order valence-electron chi connectivity index (χ1n) is 5.87. The highest BCUT2D eigenvalue weighted by atomic mass is 32.2. The van der Waals surface area contributed by atoms with Crippen LogP contribution in [-0.4, -0.2) is 26.6 Å². The fourth-order valence-electron chi connectivity index (χ4n) is 1.62. The van der Waals surface area contributed by atoms with Crippen LogP contribution in [0.1, 0.15) is 15.2 Å². The van der Waals surface area contributed by atoms with Gasteiger partial charge in [0.25, 0.3) is 0 Å². The Kier molecular flexibility index (Phi) is 4.61. The zero-order valence-electron chi connectivity index (χ0n) is 11.1. The molecule has 112 valence electrons. The average molecular weight is 327 g/mol. The van der Waals surface area contributed by atoms with Gasteiger partial charge in [0.05, 0.1) is 12.0 Å². The summed E-state index contributed by atoms with van der Waals surface area (Å²) in [5.41, 5.74) is 0.742. The molecule has 2 aromatic rings. The molecule has 8 heteroatoms. The molecule has 0 radical (unpaired) electrons. The third-order valence-corrected chi connectivity index (χ3v) is 5.15. The summed E-state index contributed by atoms with van der Waals surface area (Å²) in [6.07, 6.45) is 0. The number of rotatable bonds is 6. The standard InChI is InChI=1S/C13H13NO5S2/c1-19-10-4-2-3-9(5-10)7-14-21(17,18)11-6-12(13(15)16)20-8-11/h2-6,8,14H,7H2,1H3,(H,15,16). The van der Waals surface area contributed by atoms with E-state index in [1.807, 2.05) is 0 Å². The summed E-state index contributed by atoms with van der Waals surface area (Å²) in [6.45, 7) is 0.0950. The highest BCUT2D eigenvalue weighted by Gasteiger charge is 2.18. The normalized spacial score (nSPS) is 11.3. The molecule has 1 aromatic heterocycles. The van der Waals surface area contributed by atoms with Gasteiger partial charge >= 0.3 is 5.97 Å². The van der Waals surface area contributed by atoms with E-state index >= 15 is 0 Å². The molecule has 0 aliphatic rings. The molecule has 0 aliphatic carbocycles. The second-order valence-corrected chi connectivity index (χ2v) is 6.81. The van der Waals surface area contributed by atoms with Crippen LogP contribution in [0.25, 0.3) is 0 Å². The van der Waals surface area contributed by atoms with Gasteiger partial charge in [0.2, 0.25) is 10.0 Å². The van der Waals surface area contributed by atoms with Crippen molar-refractivity contribution in [1.82, 2.24) is 4.72 Å². The summed E-state index contributed by atoms with van der Waals surface area (Å²) < 4.78 is 31.6. The van der Waals surface area contributed by atoms with Crippen molar-refractivity contribution < 1.29 is 23.1 Å². The van der Waals surface area contributed by atoms with Crippen LogP contribution in [0.5, 0.6) is 5.75 Å². The van der Waals surface area contributed by atoms with Crippen molar-refractivity contribution in [2.24, 2.45) is 0 Å². The minimum Gasteiger partial charge on any atom is -0.497 e. The lowest BCUT2D eigenvalue weighted by atomic mass is 10.2. The molecule has 1 aromatic carbocycles. The first-order chi connectivity index (χ1) is 9.92. The highest BCUT2D eigenvalue weighted by Crippen LogP contribution is 2.20. The molecule has 6 nitrogen and oxygen atoms in total. The van der Waals surface area contributed by atoms with E-state index in [9.17, 15) is 13.2 Å². The Morgan fingerprint density at radius 3 is 2.76 bits per heavy atom. The van der Waals surface area contributed by atoms with Crippen LogP contribution in [0.4, 0.5) is 0 Å². The fourth-order valence-corrected chi connectivity index (χ4v) is 3.74. The number of hydrogen-bond donors (Lipinski definition) is 2. The van der Waals surface area contributed by atoms with Gasteiger partial charge in [-0.25, -0.2) is 17.9 Å². The smallest absolute Gasteiger partial charge is 0.345 e. The number of carboxylic acids is 1. The Morgan fingerprint density at radius 2 is 2.14 bits per heavy atom. The van der Waals surface area contributed by atoms with Gasteiger partial charge in [-0.15, -0.1) is 11.3 Å². The van der Waals surface area contributed by atoms with E-state index in [0.717, 1.165) is 23.0 Å². The van der Waals surface area contributed by atoms with E-state index < -0.39 is 16.0 Å². The Bertz CT molecular complexity index is 751. The number of carbonyl (C=O) groups is 1. The summed E-state index contributed by atoms with van der Waals surface area (Å²) in [4.78, 5) is 10.7. The van der Waals surface area contributed by atoms with Crippen molar-refractivity contribution in [2.45, 2.75) is 11.4 Å². The number of aromatic carboxylic acids is 1. The van der Waals surface area contributed by atoms with Crippen molar-refractivity contribution >= 4 is 27.3 Å². The second kappa shape index (κ2) is 6.25. The molecule has 0 saturated carbocycles. The molecule has 1 heterocycles. The lowest BCUT2D eigenvalue weighted by Gasteiger charge is -2.06. The molecular weight excluding hydrogens is 314 g/mol. The van der Waals surface area contributed by atoms with Crippen molar-refractivity contribution in [3.05, 3.63) is 46.2 Å². The maximum Gasteiger partial charge on any atom is 0.345 e. The van der Waals surface area contributed by atoms with Gasteiger partial charge in [-0.05, 0) is 23.8 Å². The zero-order chi connectivity index (χ0) is 15.5. The zero-order valence-corrected chi connectivity index (χ0v) is 12.7. The van der Waals surface area contributed by atoms with Crippen LogP contribution in [0.3, 0.4) is 0 Å². The largest absolute Gasteiger partial charge is 0.497 e. The third-order valence-electron chi connectivity index (χ3n) is 2.70. The van der Waals surface area contributed by atoms with E-state index in [1.54, 1.807) is 24.3 Å². The minimum atomic E-state index is -3.73. The van der Waals surface area contributed by atoms with Crippen molar-refractivity contribution in [3.63, 3.8) is 0 Å². The first kappa shape index (κ1) is 15.5. The van der Waals surface area contributed by atoms with Crippen LogP contribution in [0.15, 0.2) is 40.6 Å². The Hall–Kier alpha value is -1.90. The molecule has 2 N–H and O–H groups in total. The quantitative estimate of drug-likeness (QED) is 0.846. The first-order valence-corrected chi connectivity index (χ1v) is 8.23. The maximum atomic E-state index is 12.1. The third kappa shape index (κ3) is 3.81. The van der Waals surface area contributed by atoms with Gasteiger partial charge < -0.3 is 9.84 Å². The number of methoxy groups -OCH3 is 1. The van der Waals surface area contributed by atoms with Gasteiger partial charge in [0, 0.05) is 11.9 Å². The Morgan fingerprint density at radius 1 is 1.38 bits per heavy atom. The predicted molar refractivity (Wildman–Crippen MR) is 78.3 cm³/mol. The molecule has 21 heavy (non-hydrogen) atoms. The number of benzene rings is 1. The number of thiophene rings is 1. The fraction of sp³-hybridized carbons (Fsp3) is 0.154. The highest BCUT2D eigenvalue weighted by molar-refractivity contribution is 7.89. The summed E-state index contributed by atoms with van der Waals surface area (Å²) in [5.74, 6) is -0.510. The van der Waals surface area contributed by atoms with E-state index in [4.69, 9.17) is 9.84 Å². The second-order valence-electron chi connectivity index (χ2n) is 4.13. The van der Waals surface area contributed by atoms with Crippen LogP contribution in [-0.2, 0) is 16.6 Å². The Balaban J connectivity index is 2.11. The number of carboxylic acid groups (broad SMARTS) is 1. The molecule has 2 rings (SSSR count). The molecule has 0 saturated heterocycles. The summed E-state index contributed by atoms with van der Waals surface area (Å²) in [7, 11) is -2.20. The minimum absolute atomic E-state index is 0.0169. The van der Waals surface area contributed by atoms with Gasteiger partial charge in [-0.2, -0.15) is 0 Å². The summed E-state index contributed by atoms with van der Waals surface area (Å²) in [5, 5.41) is 10.1. The maximum absolute atomic E-state index is 12.1. The lowest BCUT2D eigenvalue weighted by molar-refractivity contribution is 0.0702. The molecule has 0 fully saturated rings. The molecule has 0 amide bonds. The van der Waals surface area contributed by atoms with E-state index in [1.165, 1.54) is 12.5 Å². The van der Waals surface area contributed by atoms with Crippen molar-refractivity contribution in [3.8, 4) is 5.75 Å². The van der Waals surface area contributed by atoms with Crippen molar-refractivity contribution in [2.75, 3.05) is 7.11 Å².